The average Bonchev–Trinajstić information content (AvgIpc) is 0.704. The molecule has 0 saturated heterocycles. The number of nitrogens with zero attached hydrogens (tertiary/aromatic N) is 2. The van der Waals surface area contributed by atoms with Crippen molar-refractivity contribution < 1.29 is 69.6 Å². The maximum atomic E-state index is 14.0. The molecule has 12 N–H and O–H groups in total. The Morgan fingerprint density at radius 2 is 0.893 bits per heavy atom. The van der Waals surface area contributed by atoms with Gasteiger partial charge in [-0.15, -0.1) is 6.42 Å². The zero-order valence-corrected chi connectivity index (χ0v) is 71.4. The minimum absolute atomic E-state index is 0.0609. The lowest BCUT2D eigenvalue weighted by atomic mass is 8.47. The van der Waals surface area contributed by atoms with Gasteiger partial charge in [-0.25, -0.2) is 0 Å². The fraction of sp³-hybridized carbons (Fsp3) is 0.368. The first kappa shape index (κ1) is 104. The van der Waals surface area contributed by atoms with Gasteiger partial charge in [-0.2, -0.15) is 0 Å². The van der Waals surface area contributed by atoms with E-state index in [1.165, 1.54) is 41.7 Å². The van der Waals surface area contributed by atoms with Crippen LogP contribution in [0.15, 0.2) is 151 Å². The number of carbonyl (C=O) groups is 6. The number of hydrogen-bond donors (Lipinski definition) is 10. The van der Waals surface area contributed by atoms with Gasteiger partial charge in [-0.05, 0) is 269 Å². The number of phenols is 2. The highest BCUT2D eigenvalue weighted by Gasteiger charge is 2.66. The van der Waals surface area contributed by atoms with Crippen LogP contribution in [0.1, 0.15) is 117 Å². The fourth-order valence-corrected chi connectivity index (χ4v) is 17.3. The number of aliphatic hydroxyl groups excluding tert-OH is 4. The molecule has 122 heavy (non-hydrogen) atoms. The number of allylic oxidation sites excluding steroid dienone is 4. The van der Waals surface area contributed by atoms with Crippen molar-refractivity contribution in [2.75, 3.05) is 28.2 Å². The van der Waals surface area contributed by atoms with Gasteiger partial charge >= 0.3 is 0 Å². The lowest BCUT2D eigenvalue weighted by Crippen LogP contribution is -2.72. The molecule has 2 aromatic carbocycles. The predicted molar refractivity (Wildman–Crippen MR) is 518 cm³/mol. The van der Waals surface area contributed by atoms with E-state index in [-0.39, 0.29) is 59.4 Å². The fourth-order valence-electron chi connectivity index (χ4n) is 16.7. The number of likely N-dealkylation sites (N-methyl/N-ethyl adjacent to an activating group) is 2. The van der Waals surface area contributed by atoms with E-state index in [2.05, 4.69) is 112 Å². The van der Waals surface area contributed by atoms with Crippen molar-refractivity contribution in [1.29, 1.82) is 0 Å². The number of rotatable bonds is 16. The Morgan fingerprint density at radius 1 is 0.541 bits per heavy atom. The summed E-state index contributed by atoms with van der Waals surface area (Å²) in [6.07, 6.45) is 13.4. The number of benzene rings is 2. The van der Waals surface area contributed by atoms with Crippen LogP contribution in [0.5, 0.6) is 11.5 Å². The first-order valence-corrected chi connectivity index (χ1v) is 40.2. The number of ketones is 4. The lowest BCUT2D eigenvalue weighted by molar-refractivity contribution is -0.155. The Hall–Kier alpha value is -8.16. The van der Waals surface area contributed by atoms with Crippen LogP contribution in [0.3, 0.4) is 0 Å². The molecule has 2 saturated carbocycles. The second kappa shape index (κ2) is 47.2. The third-order valence-corrected chi connectivity index (χ3v) is 23.3. The number of primary amides is 2. The second-order valence-electron chi connectivity index (χ2n) is 30.6. The standard InChI is InChI=1S/C31H34N2O7.C23H25IN2O7.C14H4.C8H10.B14.B13/c1-4-16-12-17(11-10-15-8-6-5-7-9-15)25(34)22-19(16)13-18-14-20-24(33(2)3)27(36)23(30(32)39)29(38)31(20,40)28(37)21(18)26(22)35;1-4-8-7-12(24)17(27)14-10(8)5-9-6-11-16(26(2)3)19(29)15(22(25)32)21(31)23(11,33)20(30)13(9)18(14)28;1-3-5-7-9-11-13-14-12-10-8-6-4-2;1-2-8-6-4-3-5-7-8;1-9(2)13(10(3)4)14(11(5)6)12(7)8;1-8-12(9(2)3)13(10(4)5)11(6)7/h8,12,18,20,24,34-35,38,40H,4-7,9,13-14H2,1-3H3,(H2,32,39);7,9,11,16,27-28,31,33H,4-6H2,1-3H3,(H2,25,32);1-2H2;1,6H,3-5,7H2;;/t18-,20-,24-,31-;9-,11-,16-,23-;;;;/m00..../s1. The van der Waals surface area contributed by atoms with Gasteiger partial charge in [-0.1, -0.05) is 55.2 Å². The van der Waals surface area contributed by atoms with E-state index in [1.54, 1.807) is 28.2 Å². The van der Waals surface area contributed by atoms with Crippen LogP contribution >= 0.6 is 22.6 Å². The first-order chi connectivity index (χ1) is 57.3. The molecule has 2 amide bonds. The van der Waals surface area contributed by atoms with Gasteiger partial charge in [-0.3, -0.25) is 38.6 Å². The molecule has 2 aromatic rings. The van der Waals surface area contributed by atoms with Crippen molar-refractivity contribution in [3.8, 4) is 35.7 Å². The quantitative estimate of drug-likeness (QED) is 0.0286. The normalized spacial score (nSPS) is 20.7. The number of phenolic OH excluding ortho intramolecular Hbond substituents is 2. The van der Waals surface area contributed by atoms with Gasteiger partial charge in [0.15, 0.2) is 22.8 Å². The van der Waals surface area contributed by atoms with Gasteiger partial charge in [0.2, 0.25) is 11.6 Å². The van der Waals surface area contributed by atoms with Crippen molar-refractivity contribution >= 4 is 262 Å². The van der Waals surface area contributed by atoms with Crippen LogP contribution in [0, 0.1) is 51.4 Å². The summed E-state index contributed by atoms with van der Waals surface area (Å²) in [5, 5.41) is 89.7. The summed E-state index contributed by atoms with van der Waals surface area (Å²) in [6.45, 7) is 10.5. The molecule has 18 nitrogen and oxygen atoms in total. The van der Waals surface area contributed by atoms with Crippen LogP contribution in [0.2, 0.25) is 0 Å². The van der Waals surface area contributed by atoms with Crippen LogP contribution < -0.4 is 11.5 Å². The molecule has 2 fully saturated rings. The van der Waals surface area contributed by atoms with E-state index in [0.717, 1.165) is 48.8 Å². The summed E-state index contributed by atoms with van der Waals surface area (Å²) in [5.41, 5.74) is 38.8. The number of amides is 2. The molecule has 0 aromatic heterocycles. The molecule has 569 valence electrons. The largest absolute Gasteiger partial charge is 0.508 e. The number of aromatic hydroxyl groups is 2. The molecule has 8 aliphatic carbocycles. The maximum absolute atomic E-state index is 14.0. The molecule has 0 bridgehead atoms. The Morgan fingerprint density at radius 3 is 1.18 bits per heavy atom. The summed E-state index contributed by atoms with van der Waals surface area (Å²) < 4.78 is 0.503. The van der Waals surface area contributed by atoms with Crippen molar-refractivity contribution in [2.24, 2.45) is 35.1 Å². The lowest BCUT2D eigenvalue weighted by Gasteiger charge is -2.50. The number of Topliss-reactive ketones (excluding diaryl/α,β-unsaturated/α-hetero) is 4. The Labute approximate surface area is 755 Å². The maximum Gasteiger partial charge on any atom is 0.255 e. The number of aliphatic hydroxyl groups is 6. The zero-order chi connectivity index (χ0) is 92.0. The van der Waals surface area contributed by atoms with E-state index in [9.17, 15) is 69.6 Å². The molecule has 10 rings (SSSR count). The Bertz CT molecular complexity index is 5110. The van der Waals surface area contributed by atoms with Crippen LogP contribution in [0.25, 0.3) is 11.5 Å². The Balaban J connectivity index is 0.000000286. The van der Waals surface area contributed by atoms with E-state index in [4.69, 9.17) is 134 Å². The number of halogens is 1. The monoisotopic (exact) mass is 1690 g/mol. The summed E-state index contributed by atoms with van der Waals surface area (Å²) >= 11 is 1.94. The van der Waals surface area contributed by atoms with E-state index in [1.807, 2.05) is 48.6 Å². The van der Waals surface area contributed by atoms with Gasteiger partial charge in [0.05, 0.1) is 32.3 Å². The number of aryl methyl sites for hydroxylation is 2. The van der Waals surface area contributed by atoms with Crippen molar-refractivity contribution in [3.05, 3.63) is 194 Å². The van der Waals surface area contributed by atoms with Crippen LogP contribution in [-0.2, 0) is 54.5 Å². The van der Waals surface area contributed by atoms with Gasteiger partial charge in [0.25, 0.3) is 11.8 Å². The molecule has 0 aliphatic heterocycles. The van der Waals surface area contributed by atoms with Gasteiger partial charge in [0.1, 0.15) is 45.7 Å². The molecule has 0 heterocycles. The highest BCUT2D eigenvalue weighted by Crippen LogP contribution is 2.56. The summed E-state index contributed by atoms with van der Waals surface area (Å²) in [7, 11) is 89.9. The van der Waals surface area contributed by atoms with E-state index >= 15 is 0 Å². The number of terminal acetylenes is 1. The van der Waals surface area contributed by atoms with Crippen molar-refractivity contribution in [2.45, 2.75) is 127 Å². The first-order valence-electron chi connectivity index (χ1n) is 39.1. The summed E-state index contributed by atoms with van der Waals surface area (Å²) in [6, 6.07) is 1.44. The van der Waals surface area contributed by atoms with E-state index in [0.29, 0.717) is 39.5 Å². The van der Waals surface area contributed by atoms with Gasteiger partial charge < -0.3 is 52.3 Å². The molecule has 8 atom stereocenters. The third kappa shape index (κ3) is 23.9. The molecule has 31 radical (unpaired) electrons. The molecule has 0 spiro atoms. The van der Waals surface area contributed by atoms with Crippen molar-refractivity contribution in [1.82, 2.24) is 9.80 Å². The molecule has 8 aliphatic rings. The van der Waals surface area contributed by atoms with Crippen LogP contribution in [0.4, 0.5) is 0 Å². The minimum atomic E-state index is -2.65. The number of hydrogen-bond acceptors (Lipinski definition) is 16. The summed E-state index contributed by atoms with van der Waals surface area (Å²) in [5.74, 6) is -4.13. The number of carbonyl (C=O) groups excluding carboxylic acids is 6. The van der Waals surface area contributed by atoms with Crippen LogP contribution in [-0.4, -0.2) is 330 Å². The number of nitrogens with two attached hydrogens (primary N) is 2. The SMILES string of the molecule is C#CC1=CCCCC1.C=C=C=C=C=C=C=C=C=C=C=C=C=C.CCc1cc(C#CC2=CCCCC2)c(O)c2c1C[C@H]1C[C@H]3[C@H](N(C)C)C(=O)C(C(N)=O)=C(O)[C@@]3(O)C(=O)C1=C2O.CCc1cc(I)c(O)c2c1C[C@H]1C[C@H]3[C@H](N(C)C)C(=O)C(C(N)=O)=C(O)[C@@]3(O)C(=O)C1=C2O.[B]B([B])B(B([B])[B])B(B([B])[B])B([B])[B].[B][B]B(B([B])[B])B(B([B])[B])B([B])[B]. The topological polar surface area (TPSA) is 323 Å². The second-order valence-corrected chi connectivity index (χ2v) is 31.8. The molecular weight excluding hydrogens is 1610 g/mol. The van der Waals surface area contributed by atoms with E-state index < -0.39 is 180 Å². The molecule has 46 heteroatoms. The predicted octanol–water partition coefficient (Wildman–Crippen LogP) is -1.99. The minimum Gasteiger partial charge on any atom is -0.508 e. The van der Waals surface area contributed by atoms with Gasteiger partial charge in [0, 0.05) is 216 Å². The molecular formula is C76H73B27IN4O14. The number of fused-ring (bicyclic) bond motifs is 6. The highest BCUT2D eigenvalue weighted by atomic mass is 127. The highest BCUT2D eigenvalue weighted by molar-refractivity contribution is 14.1. The Kier molecular flexibility index (Phi) is 40.4. The summed E-state index contributed by atoms with van der Waals surface area (Å²) in [4.78, 5) is 81.1. The zero-order valence-electron chi connectivity index (χ0n) is 69.2. The third-order valence-electron chi connectivity index (χ3n) is 22.4. The van der Waals surface area contributed by atoms with Crippen molar-refractivity contribution in [3.63, 3.8) is 0 Å². The average molecular weight is 1690 g/mol. The molecule has 0 unspecified atom stereocenters. The smallest absolute Gasteiger partial charge is 0.255 e.